The van der Waals surface area contributed by atoms with Gasteiger partial charge in [0.1, 0.15) is 0 Å². The van der Waals surface area contributed by atoms with E-state index in [-0.39, 0.29) is 60.8 Å². The van der Waals surface area contributed by atoms with Crippen molar-refractivity contribution in [1.82, 2.24) is 0 Å². The van der Waals surface area contributed by atoms with Crippen molar-refractivity contribution in [1.29, 1.82) is 0 Å². The maximum absolute atomic E-state index is 8.50. The molecule has 0 heterocycles. The second kappa shape index (κ2) is 16.2. The molecule has 24 valence electrons. The molecule has 0 aromatic rings. The van der Waals surface area contributed by atoms with E-state index in [1.807, 2.05) is 0 Å². The van der Waals surface area contributed by atoms with Gasteiger partial charge in [-0.1, -0.05) is 0 Å². The Hall–Kier alpha value is 2.34. The third-order valence-electron chi connectivity index (χ3n) is 0. The average molecular weight is 148 g/mol. The fourth-order valence-electron chi connectivity index (χ4n) is 0. The summed E-state index contributed by atoms with van der Waals surface area (Å²) in [5.74, 6) is 0. The molecule has 0 aliphatic rings. The minimum atomic E-state index is -2.00. The topological polar surface area (TPSA) is 34.1 Å². The van der Waals surface area contributed by atoms with Gasteiger partial charge in [0.05, 0.1) is 0 Å². The van der Waals surface area contributed by atoms with Crippen LogP contribution in [0.25, 0.3) is 0 Å². The van der Waals surface area contributed by atoms with E-state index in [1.54, 1.807) is 0 Å². The summed E-state index contributed by atoms with van der Waals surface area (Å²) >= 11 is -2.00. The van der Waals surface area contributed by atoms with Gasteiger partial charge >= 0.3 is 86.5 Å². The van der Waals surface area contributed by atoms with Crippen LogP contribution >= 0.6 is 0 Å². The normalized spacial score (nSPS) is 1.60. The van der Waals surface area contributed by atoms with Crippen molar-refractivity contribution in [3.8, 4) is 0 Å². The van der Waals surface area contributed by atoms with E-state index in [0.717, 1.165) is 0 Å². The molecule has 0 aliphatic heterocycles. The molecule has 0 atom stereocenters. The van der Waals surface area contributed by atoms with E-state index in [9.17, 15) is 0 Å². The third kappa shape index (κ3) is 21.8. The van der Waals surface area contributed by atoms with Crippen LogP contribution in [-0.2, 0) is 25.7 Å². The van der Waals surface area contributed by atoms with Crippen LogP contribution in [-0.4, -0.2) is 60.8 Å². The molecular weight excluding hydrogens is 144 g/mol. The predicted molar refractivity (Wildman–Crippen MR) is 18.5 cm³/mol. The van der Waals surface area contributed by atoms with Crippen LogP contribution < -0.4 is 0 Å². The second-order valence-electron chi connectivity index (χ2n) is 0.0833. The summed E-state index contributed by atoms with van der Waals surface area (Å²) in [7, 11) is 0. The molecule has 0 N–H and O–H groups in total. The van der Waals surface area contributed by atoms with E-state index in [2.05, 4.69) is 0 Å². The molecule has 0 radical (unpaired) electrons. The first kappa shape index (κ1) is 15.7. The van der Waals surface area contributed by atoms with Crippen molar-refractivity contribution >= 4 is 60.8 Å². The van der Waals surface area contributed by atoms with Crippen LogP contribution in [0.15, 0.2) is 0 Å². The van der Waals surface area contributed by atoms with Gasteiger partial charge in [-0.2, -0.15) is 0 Å². The molecule has 0 aliphatic carbocycles. The number of hydrogen-bond acceptors (Lipinski definition) is 2. The standard InChI is InChI=1S/Ca.Mg.2O.Ti.4H. The molecule has 5 heteroatoms. The van der Waals surface area contributed by atoms with Crippen LogP contribution in [0.5, 0.6) is 0 Å². The zero-order valence-corrected chi connectivity index (χ0v) is 2.88. The van der Waals surface area contributed by atoms with Crippen LogP contribution in [0, 0.1) is 0 Å². The SMILES string of the molecule is [CaH2].[MgH2].[O]=[Ti]=[O]. The van der Waals surface area contributed by atoms with Crippen molar-refractivity contribution in [2.45, 2.75) is 0 Å². The zero-order valence-electron chi connectivity index (χ0n) is 1.32. The summed E-state index contributed by atoms with van der Waals surface area (Å²) in [6.45, 7) is 0. The monoisotopic (exact) mass is 148 g/mol. The van der Waals surface area contributed by atoms with Gasteiger partial charge in [-0.05, 0) is 0 Å². The summed E-state index contributed by atoms with van der Waals surface area (Å²) < 4.78 is 17.0. The predicted octanol–water partition coefficient (Wildman–Crippen LogP) is -2.07. The maximum atomic E-state index is 8.50. The van der Waals surface area contributed by atoms with Gasteiger partial charge in [-0.25, -0.2) is 0 Å². The molecule has 0 bridgehead atoms. The molecule has 0 rings (SSSR count). The van der Waals surface area contributed by atoms with Crippen LogP contribution in [0.1, 0.15) is 0 Å². The molecule has 5 heavy (non-hydrogen) atoms. The number of rotatable bonds is 0. The van der Waals surface area contributed by atoms with E-state index >= 15 is 0 Å². The van der Waals surface area contributed by atoms with Crippen molar-refractivity contribution in [2.24, 2.45) is 0 Å². The number of hydrogen-bond donors (Lipinski definition) is 0. The summed E-state index contributed by atoms with van der Waals surface area (Å²) in [6.07, 6.45) is 0. The Labute approximate surface area is 84.8 Å². The Morgan fingerprint density at radius 1 is 1.20 bits per heavy atom. The van der Waals surface area contributed by atoms with Crippen molar-refractivity contribution in [2.75, 3.05) is 0 Å². The molecule has 0 unspecified atom stereocenters. The quantitative estimate of drug-likeness (QED) is 0.370. The Morgan fingerprint density at radius 2 is 1.20 bits per heavy atom. The first-order chi connectivity index (χ1) is 1.41. The van der Waals surface area contributed by atoms with Gasteiger partial charge in [0.2, 0.25) is 0 Å². The van der Waals surface area contributed by atoms with Crippen molar-refractivity contribution in [3.63, 3.8) is 0 Å². The Bertz CT molecular complexity index is 30.6. The molecular formula is H4CaMgO2Ti. The average Bonchev–Trinajstić information content (AvgIpc) is 0.918. The fourth-order valence-corrected chi connectivity index (χ4v) is 0. The Kier molecular flexibility index (Phi) is 50.8. The zero-order chi connectivity index (χ0) is 2.71. The van der Waals surface area contributed by atoms with Gasteiger partial charge in [-0.3, -0.25) is 0 Å². The first-order valence-corrected chi connectivity index (χ1v) is 1.68. The van der Waals surface area contributed by atoms with Crippen molar-refractivity contribution < 1.29 is 25.7 Å². The summed E-state index contributed by atoms with van der Waals surface area (Å²) in [6, 6.07) is 0. The van der Waals surface area contributed by atoms with Gasteiger partial charge in [0, 0.05) is 0 Å². The van der Waals surface area contributed by atoms with E-state index in [1.165, 1.54) is 0 Å². The molecule has 0 amide bonds. The van der Waals surface area contributed by atoms with Gasteiger partial charge in [0.15, 0.2) is 0 Å². The second-order valence-corrected chi connectivity index (χ2v) is 0.344. The molecule has 0 aromatic heterocycles. The fraction of sp³-hybridized carbons (Fsp3) is 0. The van der Waals surface area contributed by atoms with E-state index in [0.29, 0.717) is 0 Å². The van der Waals surface area contributed by atoms with E-state index in [4.69, 9.17) is 6.65 Å². The third-order valence-corrected chi connectivity index (χ3v) is 0. The molecule has 2 nitrogen and oxygen atoms in total. The summed E-state index contributed by atoms with van der Waals surface area (Å²) in [4.78, 5) is 0. The first-order valence-electron chi connectivity index (χ1n) is 0.408. The molecule has 0 saturated heterocycles. The summed E-state index contributed by atoms with van der Waals surface area (Å²) in [5.41, 5.74) is 0. The van der Waals surface area contributed by atoms with Gasteiger partial charge in [0.25, 0.3) is 0 Å². The molecule has 0 fully saturated rings. The van der Waals surface area contributed by atoms with Gasteiger partial charge < -0.3 is 0 Å². The van der Waals surface area contributed by atoms with Crippen LogP contribution in [0.2, 0.25) is 0 Å². The van der Waals surface area contributed by atoms with E-state index < -0.39 is 19.1 Å². The molecule has 0 spiro atoms. The Balaban J connectivity index is -0.0000000200. The Morgan fingerprint density at radius 3 is 1.20 bits per heavy atom. The molecule has 0 saturated carbocycles. The molecule has 0 aromatic carbocycles. The van der Waals surface area contributed by atoms with Gasteiger partial charge in [-0.15, -0.1) is 0 Å². The minimum absolute atomic E-state index is 0. The van der Waals surface area contributed by atoms with Crippen LogP contribution in [0.4, 0.5) is 0 Å². The van der Waals surface area contributed by atoms with Crippen LogP contribution in [0.3, 0.4) is 0 Å². The van der Waals surface area contributed by atoms with Crippen molar-refractivity contribution in [3.05, 3.63) is 0 Å². The summed E-state index contributed by atoms with van der Waals surface area (Å²) in [5, 5.41) is 0.